The SMILES string of the molecule is O=C(O)C(O)C(=O)[C@@H](O)[C@H](O)[C@@H](O)CO. The molecule has 0 spiro atoms. The number of aliphatic hydroxyl groups excluding tert-OH is 5. The predicted octanol–water partition coefficient (Wildman–Crippen LogP) is -3.92. The summed E-state index contributed by atoms with van der Waals surface area (Å²) in [4.78, 5) is 21.0. The van der Waals surface area contributed by atoms with Gasteiger partial charge in [0.25, 0.3) is 0 Å². The fourth-order valence-corrected chi connectivity index (χ4v) is 0.770. The van der Waals surface area contributed by atoms with Crippen LogP contribution in [-0.4, -0.2) is 73.4 Å². The molecule has 0 aromatic heterocycles. The molecule has 0 aliphatic heterocycles. The van der Waals surface area contributed by atoms with Gasteiger partial charge in [-0.15, -0.1) is 0 Å². The minimum atomic E-state index is -2.49. The summed E-state index contributed by atoms with van der Waals surface area (Å²) >= 11 is 0. The summed E-state index contributed by atoms with van der Waals surface area (Å²) in [6.07, 6.45) is -8.62. The number of carboxylic acid groups (broad SMARTS) is 1. The number of Topliss-reactive ketones (excluding diaryl/α,β-unsaturated/α-hetero) is 1. The van der Waals surface area contributed by atoms with Crippen molar-refractivity contribution in [2.45, 2.75) is 24.4 Å². The molecule has 8 nitrogen and oxygen atoms in total. The van der Waals surface area contributed by atoms with Gasteiger partial charge in [0.15, 0.2) is 0 Å². The maximum atomic E-state index is 10.9. The summed E-state index contributed by atoms with van der Waals surface area (Å²) in [6.45, 7) is -0.922. The third-order valence-electron chi connectivity index (χ3n) is 1.70. The van der Waals surface area contributed by atoms with E-state index in [9.17, 15) is 9.59 Å². The van der Waals surface area contributed by atoms with E-state index in [1.165, 1.54) is 0 Å². The molecule has 0 saturated carbocycles. The van der Waals surface area contributed by atoms with Crippen LogP contribution in [0.2, 0.25) is 0 Å². The molecular formula is C7H12O8. The Morgan fingerprint density at radius 2 is 1.53 bits per heavy atom. The van der Waals surface area contributed by atoms with Crippen molar-refractivity contribution < 1.29 is 40.2 Å². The van der Waals surface area contributed by atoms with Gasteiger partial charge >= 0.3 is 5.97 Å². The molecule has 0 aliphatic rings. The van der Waals surface area contributed by atoms with Gasteiger partial charge in [0, 0.05) is 0 Å². The second-order valence-corrected chi connectivity index (χ2v) is 2.83. The van der Waals surface area contributed by atoms with E-state index in [1.807, 2.05) is 0 Å². The summed E-state index contributed by atoms with van der Waals surface area (Å²) in [6, 6.07) is 0. The summed E-state index contributed by atoms with van der Waals surface area (Å²) in [5.74, 6) is -3.45. The first-order chi connectivity index (χ1) is 6.82. The Hall–Kier alpha value is -1.06. The van der Waals surface area contributed by atoms with Gasteiger partial charge < -0.3 is 30.6 Å². The van der Waals surface area contributed by atoms with Crippen molar-refractivity contribution >= 4 is 11.8 Å². The maximum Gasteiger partial charge on any atom is 0.340 e. The van der Waals surface area contributed by atoms with Crippen molar-refractivity contribution in [2.75, 3.05) is 6.61 Å². The van der Waals surface area contributed by atoms with Crippen LogP contribution < -0.4 is 0 Å². The Labute approximate surface area is 84.0 Å². The Balaban J connectivity index is 4.50. The quantitative estimate of drug-likeness (QED) is 0.250. The fourth-order valence-electron chi connectivity index (χ4n) is 0.770. The molecule has 88 valence electrons. The first-order valence-corrected chi connectivity index (χ1v) is 3.92. The van der Waals surface area contributed by atoms with Gasteiger partial charge in [-0.2, -0.15) is 0 Å². The van der Waals surface area contributed by atoms with Crippen molar-refractivity contribution in [2.24, 2.45) is 0 Å². The second-order valence-electron chi connectivity index (χ2n) is 2.83. The lowest BCUT2D eigenvalue weighted by Crippen LogP contribution is -2.49. The first-order valence-electron chi connectivity index (χ1n) is 3.92. The molecule has 0 radical (unpaired) electrons. The standard InChI is InChI=1S/C7H12O8/c8-1-2(9)3(10)4(11)5(12)6(13)7(14)15/h2-4,6,8-11,13H,1H2,(H,14,15)/t2-,3+,4-,6?/m0/s1. The number of aliphatic carboxylic acids is 1. The van der Waals surface area contributed by atoms with Crippen LogP contribution in [0, 0.1) is 0 Å². The van der Waals surface area contributed by atoms with Crippen LogP contribution in [0.4, 0.5) is 0 Å². The van der Waals surface area contributed by atoms with Crippen molar-refractivity contribution in [1.29, 1.82) is 0 Å². The molecule has 0 amide bonds. The summed E-state index contributed by atoms with van der Waals surface area (Å²) in [7, 11) is 0. The molecule has 0 rings (SSSR count). The highest BCUT2D eigenvalue weighted by Gasteiger charge is 2.36. The minimum absolute atomic E-state index is 0.922. The Morgan fingerprint density at radius 1 is 1.07 bits per heavy atom. The number of carbonyl (C=O) groups is 2. The van der Waals surface area contributed by atoms with E-state index in [1.54, 1.807) is 0 Å². The normalized spacial score (nSPS) is 19.0. The topological polar surface area (TPSA) is 156 Å². The summed E-state index contributed by atoms with van der Waals surface area (Å²) in [5, 5.41) is 52.1. The molecule has 8 heteroatoms. The smallest absolute Gasteiger partial charge is 0.340 e. The number of ketones is 1. The number of rotatable bonds is 6. The van der Waals surface area contributed by atoms with Crippen LogP contribution in [0.15, 0.2) is 0 Å². The van der Waals surface area contributed by atoms with Gasteiger partial charge in [0.1, 0.15) is 18.3 Å². The van der Waals surface area contributed by atoms with Gasteiger partial charge in [-0.25, -0.2) is 4.79 Å². The predicted molar refractivity (Wildman–Crippen MR) is 43.8 cm³/mol. The van der Waals surface area contributed by atoms with Gasteiger partial charge in [-0.05, 0) is 0 Å². The van der Waals surface area contributed by atoms with Crippen molar-refractivity contribution in [3.8, 4) is 0 Å². The van der Waals surface area contributed by atoms with Gasteiger partial charge in [0.05, 0.1) is 6.61 Å². The van der Waals surface area contributed by atoms with Crippen molar-refractivity contribution in [3.05, 3.63) is 0 Å². The monoisotopic (exact) mass is 224 g/mol. The molecule has 0 bridgehead atoms. The molecule has 0 aromatic rings. The zero-order chi connectivity index (χ0) is 12.2. The highest BCUT2D eigenvalue weighted by atomic mass is 16.4. The zero-order valence-corrected chi connectivity index (χ0v) is 7.52. The summed E-state index contributed by atoms with van der Waals surface area (Å²) in [5.41, 5.74) is 0. The van der Waals surface area contributed by atoms with E-state index in [0.29, 0.717) is 0 Å². The van der Waals surface area contributed by atoms with E-state index in [0.717, 1.165) is 0 Å². The van der Waals surface area contributed by atoms with E-state index in [2.05, 4.69) is 0 Å². The van der Waals surface area contributed by atoms with E-state index >= 15 is 0 Å². The van der Waals surface area contributed by atoms with E-state index < -0.39 is 42.8 Å². The summed E-state index contributed by atoms with van der Waals surface area (Å²) < 4.78 is 0. The van der Waals surface area contributed by atoms with Gasteiger partial charge in [-0.3, -0.25) is 4.79 Å². The number of hydrogen-bond acceptors (Lipinski definition) is 7. The number of carbonyl (C=O) groups excluding carboxylic acids is 1. The van der Waals surface area contributed by atoms with Gasteiger partial charge in [-0.1, -0.05) is 0 Å². The van der Waals surface area contributed by atoms with Crippen LogP contribution in [0.3, 0.4) is 0 Å². The van der Waals surface area contributed by atoms with Crippen molar-refractivity contribution in [1.82, 2.24) is 0 Å². The third kappa shape index (κ3) is 3.53. The molecule has 1 unspecified atom stereocenters. The third-order valence-corrected chi connectivity index (χ3v) is 1.70. The molecule has 4 atom stereocenters. The zero-order valence-electron chi connectivity index (χ0n) is 7.52. The minimum Gasteiger partial charge on any atom is -0.479 e. The van der Waals surface area contributed by atoms with Gasteiger partial charge in [0.2, 0.25) is 11.9 Å². The average molecular weight is 224 g/mol. The average Bonchev–Trinajstić information content (AvgIpc) is 2.23. The molecule has 0 aliphatic carbocycles. The van der Waals surface area contributed by atoms with Crippen LogP contribution in [0.1, 0.15) is 0 Å². The van der Waals surface area contributed by atoms with Crippen LogP contribution >= 0.6 is 0 Å². The van der Waals surface area contributed by atoms with E-state index in [-0.39, 0.29) is 0 Å². The molecule has 0 heterocycles. The molecule has 15 heavy (non-hydrogen) atoms. The lowest BCUT2D eigenvalue weighted by atomic mass is 10.0. The highest BCUT2D eigenvalue weighted by molar-refractivity contribution is 6.03. The maximum absolute atomic E-state index is 10.9. The lowest BCUT2D eigenvalue weighted by molar-refractivity contribution is -0.161. The van der Waals surface area contributed by atoms with Crippen LogP contribution in [-0.2, 0) is 9.59 Å². The lowest BCUT2D eigenvalue weighted by Gasteiger charge is -2.21. The molecule has 6 N–H and O–H groups in total. The molecule has 0 aromatic carbocycles. The molecular weight excluding hydrogens is 212 g/mol. The largest absolute Gasteiger partial charge is 0.479 e. The second kappa shape index (κ2) is 5.73. The Kier molecular flexibility index (Phi) is 5.33. The first kappa shape index (κ1) is 13.9. The van der Waals surface area contributed by atoms with E-state index in [4.69, 9.17) is 30.6 Å². The van der Waals surface area contributed by atoms with Crippen LogP contribution in [0.25, 0.3) is 0 Å². The Morgan fingerprint density at radius 3 is 1.87 bits per heavy atom. The van der Waals surface area contributed by atoms with Crippen molar-refractivity contribution in [3.63, 3.8) is 0 Å². The molecule has 0 fully saturated rings. The number of hydrogen-bond donors (Lipinski definition) is 6. The fraction of sp³-hybridized carbons (Fsp3) is 0.714. The number of carboxylic acids is 1. The highest BCUT2D eigenvalue weighted by Crippen LogP contribution is 2.04. The number of aliphatic hydroxyl groups is 5. The van der Waals surface area contributed by atoms with Crippen LogP contribution in [0.5, 0.6) is 0 Å². The molecule has 0 saturated heterocycles. The Bertz CT molecular complexity index is 239.